The van der Waals surface area contributed by atoms with Crippen LogP contribution in [0.2, 0.25) is 5.02 Å². The van der Waals surface area contributed by atoms with E-state index in [2.05, 4.69) is 4.98 Å². The largest absolute Gasteiger partial charge is 0.296 e. The summed E-state index contributed by atoms with van der Waals surface area (Å²) < 4.78 is 15.3. The van der Waals surface area contributed by atoms with Gasteiger partial charge in [0.05, 0.1) is 16.2 Å². The fourth-order valence-corrected chi connectivity index (χ4v) is 2.88. The van der Waals surface area contributed by atoms with Crippen molar-refractivity contribution in [2.75, 3.05) is 5.88 Å². The fourth-order valence-electron chi connectivity index (χ4n) is 2.50. The molecule has 1 aromatic heterocycles. The highest BCUT2D eigenvalue weighted by molar-refractivity contribution is 6.35. The maximum atomic E-state index is 13.3. The van der Waals surface area contributed by atoms with E-state index in [4.69, 9.17) is 23.2 Å². The summed E-state index contributed by atoms with van der Waals surface area (Å²) in [5, 5.41) is 0.599. The lowest BCUT2D eigenvalue weighted by Gasteiger charge is -2.11. The van der Waals surface area contributed by atoms with Crippen LogP contribution in [0.5, 0.6) is 0 Å². The molecule has 0 aliphatic rings. The van der Waals surface area contributed by atoms with Gasteiger partial charge in [0, 0.05) is 12.3 Å². The second kappa shape index (κ2) is 5.66. The van der Waals surface area contributed by atoms with Gasteiger partial charge in [0.15, 0.2) is 0 Å². The second-order valence-corrected chi connectivity index (χ2v) is 5.63. The standard InChI is InChI=1S/C16H13Cl2FN2/c1-10-9-11(19)5-6-13(10)21-14-4-2-3-12(18)16(14)20-15(21)7-8-17/h2-6,9H,7-8H2,1H3. The molecule has 0 bridgehead atoms. The van der Waals surface area contributed by atoms with Gasteiger partial charge < -0.3 is 0 Å². The highest BCUT2D eigenvalue weighted by Gasteiger charge is 2.15. The van der Waals surface area contributed by atoms with Crippen molar-refractivity contribution >= 4 is 34.2 Å². The lowest BCUT2D eigenvalue weighted by atomic mass is 10.2. The third kappa shape index (κ3) is 2.52. The van der Waals surface area contributed by atoms with Gasteiger partial charge in [-0.2, -0.15) is 0 Å². The van der Waals surface area contributed by atoms with E-state index in [0.717, 1.165) is 28.1 Å². The molecule has 0 atom stereocenters. The quantitative estimate of drug-likeness (QED) is 0.626. The van der Waals surface area contributed by atoms with Crippen LogP contribution >= 0.6 is 23.2 Å². The summed E-state index contributed by atoms with van der Waals surface area (Å²) in [6, 6.07) is 10.4. The zero-order valence-electron chi connectivity index (χ0n) is 11.4. The monoisotopic (exact) mass is 322 g/mol. The normalized spacial score (nSPS) is 11.2. The third-order valence-electron chi connectivity index (χ3n) is 3.42. The molecule has 3 aromatic rings. The molecule has 0 aliphatic heterocycles. The molecule has 3 rings (SSSR count). The SMILES string of the molecule is Cc1cc(F)ccc1-n1c(CCCl)nc2c(Cl)cccc21. The van der Waals surface area contributed by atoms with Gasteiger partial charge in [-0.25, -0.2) is 9.37 Å². The number of rotatable bonds is 3. The van der Waals surface area contributed by atoms with E-state index in [1.54, 1.807) is 6.07 Å². The number of para-hydroxylation sites is 1. The Morgan fingerprint density at radius 2 is 2.05 bits per heavy atom. The average Bonchev–Trinajstić information content (AvgIpc) is 2.79. The topological polar surface area (TPSA) is 17.8 Å². The minimum atomic E-state index is -0.252. The van der Waals surface area contributed by atoms with Crippen LogP contribution in [0.25, 0.3) is 16.7 Å². The zero-order valence-corrected chi connectivity index (χ0v) is 12.9. The number of aromatic nitrogens is 2. The lowest BCUT2D eigenvalue weighted by Crippen LogP contribution is -2.04. The highest BCUT2D eigenvalue weighted by atomic mass is 35.5. The molecule has 5 heteroatoms. The van der Waals surface area contributed by atoms with Crippen LogP contribution in [0, 0.1) is 12.7 Å². The summed E-state index contributed by atoms with van der Waals surface area (Å²) in [5.74, 6) is 1.03. The number of benzene rings is 2. The second-order valence-electron chi connectivity index (χ2n) is 4.84. The molecule has 0 spiro atoms. The van der Waals surface area contributed by atoms with Crippen LogP contribution < -0.4 is 0 Å². The van der Waals surface area contributed by atoms with E-state index < -0.39 is 0 Å². The Labute approximate surface area is 132 Å². The van der Waals surface area contributed by atoms with E-state index in [-0.39, 0.29) is 5.82 Å². The van der Waals surface area contributed by atoms with Crippen molar-refractivity contribution in [1.29, 1.82) is 0 Å². The molecular formula is C16H13Cl2FN2. The Balaban J connectivity index is 2.33. The van der Waals surface area contributed by atoms with Crippen molar-refractivity contribution in [3.8, 4) is 5.69 Å². The molecule has 0 N–H and O–H groups in total. The van der Waals surface area contributed by atoms with Gasteiger partial charge in [0.25, 0.3) is 0 Å². The maximum absolute atomic E-state index is 13.3. The predicted octanol–water partition coefficient (Wildman–Crippen LogP) is 4.91. The highest BCUT2D eigenvalue weighted by Crippen LogP contribution is 2.28. The first kappa shape index (κ1) is 14.4. The molecule has 2 aromatic carbocycles. The fraction of sp³-hybridized carbons (Fsp3) is 0.188. The van der Waals surface area contributed by atoms with E-state index in [9.17, 15) is 4.39 Å². The summed E-state index contributed by atoms with van der Waals surface area (Å²) in [4.78, 5) is 4.59. The summed E-state index contributed by atoms with van der Waals surface area (Å²) >= 11 is 12.1. The molecule has 0 fully saturated rings. The van der Waals surface area contributed by atoms with Crippen LogP contribution in [-0.4, -0.2) is 15.4 Å². The number of halogens is 3. The third-order valence-corrected chi connectivity index (χ3v) is 3.92. The lowest BCUT2D eigenvalue weighted by molar-refractivity contribution is 0.626. The smallest absolute Gasteiger partial charge is 0.123 e. The van der Waals surface area contributed by atoms with E-state index in [0.29, 0.717) is 17.3 Å². The number of hydrogen-bond acceptors (Lipinski definition) is 1. The summed E-state index contributed by atoms with van der Waals surface area (Å²) in [6.07, 6.45) is 0.614. The molecule has 2 nitrogen and oxygen atoms in total. The predicted molar refractivity (Wildman–Crippen MR) is 85.2 cm³/mol. The number of aryl methyl sites for hydroxylation is 2. The van der Waals surface area contributed by atoms with Gasteiger partial charge >= 0.3 is 0 Å². The molecule has 108 valence electrons. The number of nitrogens with zero attached hydrogens (tertiary/aromatic N) is 2. The van der Waals surface area contributed by atoms with Crippen molar-refractivity contribution in [1.82, 2.24) is 9.55 Å². The Kier molecular flexibility index (Phi) is 3.87. The van der Waals surface area contributed by atoms with Crippen molar-refractivity contribution < 1.29 is 4.39 Å². The molecule has 21 heavy (non-hydrogen) atoms. The number of hydrogen-bond donors (Lipinski definition) is 0. The minimum absolute atomic E-state index is 0.252. The van der Waals surface area contributed by atoms with E-state index in [1.807, 2.05) is 29.7 Å². The summed E-state index contributed by atoms with van der Waals surface area (Å²) in [6.45, 7) is 1.87. The van der Waals surface area contributed by atoms with Gasteiger partial charge in [-0.15, -0.1) is 11.6 Å². The summed E-state index contributed by atoms with van der Waals surface area (Å²) in [5.41, 5.74) is 3.37. The number of fused-ring (bicyclic) bond motifs is 1. The first-order valence-corrected chi connectivity index (χ1v) is 7.51. The molecular weight excluding hydrogens is 310 g/mol. The van der Waals surface area contributed by atoms with Crippen molar-refractivity contribution in [2.24, 2.45) is 0 Å². The molecule has 0 aliphatic carbocycles. The Bertz CT molecular complexity index is 811. The van der Waals surface area contributed by atoms with Crippen LogP contribution in [0.1, 0.15) is 11.4 Å². The van der Waals surface area contributed by atoms with Gasteiger partial charge in [-0.3, -0.25) is 4.57 Å². The average molecular weight is 323 g/mol. The zero-order chi connectivity index (χ0) is 15.0. The summed E-state index contributed by atoms with van der Waals surface area (Å²) in [7, 11) is 0. The minimum Gasteiger partial charge on any atom is -0.296 e. The molecule has 0 unspecified atom stereocenters. The van der Waals surface area contributed by atoms with Crippen LogP contribution in [0.3, 0.4) is 0 Å². The van der Waals surface area contributed by atoms with Crippen LogP contribution in [-0.2, 0) is 6.42 Å². The van der Waals surface area contributed by atoms with Gasteiger partial charge in [-0.05, 0) is 42.8 Å². The van der Waals surface area contributed by atoms with Gasteiger partial charge in [0.1, 0.15) is 17.2 Å². The molecule has 0 amide bonds. The van der Waals surface area contributed by atoms with Gasteiger partial charge in [0.2, 0.25) is 0 Å². The first-order chi connectivity index (χ1) is 10.1. The number of imidazole rings is 1. The molecule has 0 saturated carbocycles. The van der Waals surface area contributed by atoms with Crippen molar-refractivity contribution in [3.63, 3.8) is 0 Å². The van der Waals surface area contributed by atoms with E-state index >= 15 is 0 Å². The Hall–Kier alpha value is -1.58. The van der Waals surface area contributed by atoms with Crippen molar-refractivity contribution in [3.05, 3.63) is 58.6 Å². The van der Waals surface area contributed by atoms with E-state index in [1.165, 1.54) is 12.1 Å². The van der Waals surface area contributed by atoms with Crippen molar-refractivity contribution in [2.45, 2.75) is 13.3 Å². The molecule has 0 radical (unpaired) electrons. The maximum Gasteiger partial charge on any atom is 0.123 e. The van der Waals surface area contributed by atoms with Crippen LogP contribution in [0.15, 0.2) is 36.4 Å². The molecule has 1 heterocycles. The van der Waals surface area contributed by atoms with Gasteiger partial charge in [-0.1, -0.05) is 17.7 Å². The number of alkyl halides is 1. The Morgan fingerprint density at radius 3 is 2.76 bits per heavy atom. The van der Waals surface area contributed by atoms with Crippen LogP contribution in [0.4, 0.5) is 4.39 Å². The molecule has 0 saturated heterocycles. The Morgan fingerprint density at radius 1 is 1.24 bits per heavy atom. The first-order valence-electron chi connectivity index (χ1n) is 6.60.